The van der Waals surface area contributed by atoms with E-state index in [9.17, 15) is 5.11 Å². The van der Waals surface area contributed by atoms with Crippen LogP contribution in [0, 0.1) is 0 Å². The van der Waals surface area contributed by atoms with Crippen molar-refractivity contribution in [2.24, 2.45) is 0 Å². The summed E-state index contributed by atoms with van der Waals surface area (Å²) in [4.78, 5) is 0. The highest BCUT2D eigenvalue weighted by atomic mass is 16.5. The Balaban J connectivity index is 1.77. The summed E-state index contributed by atoms with van der Waals surface area (Å²) in [6.45, 7) is 2.77. The lowest BCUT2D eigenvalue weighted by atomic mass is 10.1. The van der Waals surface area contributed by atoms with Gasteiger partial charge in [0.2, 0.25) is 0 Å². The molecular formula is C18H23NO3. The highest BCUT2D eigenvalue weighted by Crippen LogP contribution is 2.19. The smallest absolute Gasteiger partial charge is 0.132 e. The van der Waals surface area contributed by atoms with Crippen LogP contribution in [0.3, 0.4) is 0 Å². The van der Waals surface area contributed by atoms with Gasteiger partial charge in [-0.05, 0) is 31.5 Å². The molecule has 0 radical (unpaired) electrons. The van der Waals surface area contributed by atoms with Gasteiger partial charge in [-0.1, -0.05) is 30.4 Å². The van der Waals surface area contributed by atoms with Crippen LogP contribution in [0.4, 0.5) is 0 Å². The van der Waals surface area contributed by atoms with E-state index in [0.717, 1.165) is 17.9 Å². The number of benzene rings is 1. The van der Waals surface area contributed by atoms with E-state index in [4.69, 9.17) is 9.15 Å². The summed E-state index contributed by atoms with van der Waals surface area (Å²) in [5.41, 5.74) is 1.05. The summed E-state index contributed by atoms with van der Waals surface area (Å²) < 4.78 is 10.5. The molecule has 0 spiro atoms. The fourth-order valence-corrected chi connectivity index (χ4v) is 2.27. The van der Waals surface area contributed by atoms with Gasteiger partial charge in [0.15, 0.2) is 0 Å². The Hall–Kier alpha value is -2.04. The van der Waals surface area contributed by atoms with Crippen LogP contribution in [0.15, 0.2) is 53.2 Å². The fraction of sp³-hybridized carbons (Fsp3) is 0.333. The average molecular weight is 301 g/mol. The Kier molecular flexibility index (Phi) is 6.25. The summed E-state index contributed by atoms with van der Waals surface area (Å²) in [5.74, 6) is 1.47. The monoisotopic (exact) mass is 301 g/mol. The topological polar surface area (TPSA) is 54.6 Å². The SMILES string of the molecule is COc1ccccc1/C=C/CNC(C)CC(O)c1ccco1. The number of hydrogen-bond acceptors (Lipinski definition) is 4. The third-order valence-electron chi connectivity index (χ3n) is 3.47. The first-order valence-corrected chi connectivity index (χ1v) is 7.45. The van der Waals surface area contributed by atoms with Gasteiger partial charge in [-0.15, -0.1) is 0 Å². The fourth-order valence-electron chi connectivity index (χ4n) is 2.27. The number of para-hydroxylation sites is 1. The number of aliphatic hydroxyl groups excluding tert-OH is 1. The molecule has 0 bridgehead atoms. The number of methoxy groups -OCH3 is 1. The summed E-state index contributed by atoms with van der Waals surface area (Å²) >= 11 is 0. The quantitative estimate of drug-likeness (QED) is 0.784. The molecule has 0 saturated heterocycles. The first-order chi connectivity index (χ1) is 10.7. The van der Waals surface area contributed by atoms with E-state index in [-0.39, 0.29) is 6.04 Å². The minimum atomic E-state index is -0.573. The summed E-state index contributed by atoms with van der Waals surface area (Å²) in [6.07, 6.45) is 5.69. The van der Waals surface area contributed by atoms with Gasteiger partial charge in [-0.3, -0.25) is 0 Å². The highest BCUT2D eigenvalue weighted by Gasteiger charge is 2.13. The van der Waals surface area contributed by atoms with E-state index >= 15 is 0 Å². The van der Waals surface area contributed by atoms with Gasteiger partial charge in [-0.2, -0.15) is 0 Å². The van der Waals surface area contributed by atoms with E-state index in [1.165, 1.54) is 0 Å². The molecule has 22 heavy (non-hydrogen) atoms. The number of hydrogen-bond donors (Lipinski definition) is 2. The maximum Gasteiger partial charge on any atom is 0.132 e. The maximum absolute atomic E-state index is 10.0. The molecular weight excluding hydrogens is 278 g/mol. The largest absolute Gasteiger partial charge is 0.496 e. The minimum Gasteiger partial charge on any atom is -0.496 e. The van der Waals surface area contributed by atoms with Gasteiger partial charge in [0.1, 0.15) is 17.6 Å². The molecule has 2 N–H and O–H groups in total. The molecule has 0 aliphatic rings. The molecule has 2 aromatic rings. The second-order valence-corrected chi connectivity index (χ2v) is 5.22. The van der Waals surface area contributed by atoms with Crippen LogP contribution in [-0.4, -0.2) is 24.8 Å². The first kappa shape index (κ1) is 16.3. The number of furan rings is 1. The van der Waals surface area contributed by atoms with Gasteiger partial charge < -0.3 is 19.6 Å². The van der Waals surface area contributed by atoms with E-state index < -0.39 is 6.10 Å². The zero-order valence-electron chi connectivity index (χ0n) is 13.0. The number of rotatable bonds is 8. The molecule has 2 unspecified atom stereocenters. The van der Waals surface area contributed by atoms with Gasteiger partial charge in [0, 0.05) is 18.2 Å². The number of nitrogens with one attached hydrogen (secondary N) is 1. The van der Waals surface area contributed by atoms with Crippen LogP contribution in [0.5, 0.6) is 5.75 Å². The lowest BCUT2D eigenvalue weighted by Gasteiger charge is -2.15. The van der Waals surface area contributed by atoms with Gasteiger partial charge in [-0.25, -0.2) is 0 Å². The third-order valence-corrected chi connectivity index (χ3v) is 3.47. The van der Waals surface area contributed by atoms with Crippen molar-refractivity contribution in [3.8, 4) is 5.75 Å². The number of ether oxygens (including phenoxy) is 1. The molecule has 0 aliphatic heterocycles. The zero-order chi connectivity index (χ0) is 15.8. The predicted molar refractivity (Wildman–Crippen MR) is 87.8 cm³/mol. The van der Waals surface area contributed by atoms with Crippen LogP contribution in [0.2, 0.25) is 0 Å². The molecule has 0 aliphatic carbocycles. The van der Waals surface area contributed by atoms with Crippen molar-refractivity contribution < 1.29 is 14.3 Å². The maximum atomic E-state index is 10.0. The zero-order valence-corrected chi connectivity index (χ0v) is 13.0. The molecule has 0 fully saturated rings. The third kappa shape index (κ3) is 4.76. The van der Waals surface area contributed by atoms with Crippen LogP contribution in [0.1, 0.15) is 30.8 Å². The van der Waals surface area contributed by atoms with Crippen molar-refractivity contribution in [3.63, 3.8) is 0 Å². The van der Waals surface area contributed by atoms with Crippen molar-refractivity contribution >= 4 is 6.08 Å². The normalized spacial score (nSPS) is 14.1. The molecule has 1 aromatic heterocycles. The van der Waals surface area contributed by atoms with Crippen LogP contribution >= 0.6 is 0 Å². The van der Waals surface area contributed by atoms with Crippen molar-refractivity contribution in [2.45, 2.75) is 25.5 Å². The van der Waals surface area contributed by atoms with Crippen LogP contribution in [-0.2, 0) is 0 Å². The van der Waals surface area contributed by atoms with Crippen LogP contribution < -0.4 is 10.1 Å². The second kappa shape index (κ2) is 8.41. The molecule has 4 heteroatoms. The molecule has 0 amide bonds. The molecule has 2 atom stereocenters. The Morgan fingerprint density at radius 2 is 2.09 bits per heavy atom. The summed E-state index contributed by atoms with van der Waals surface area (Å²) in [5, 5.41) is 13.4. The Morgan fingerprint density at radius 1 is 1.27 bits per heavy atom. The van der Waals surface area contributed by atoms with Crippen molar-refractivity contribution in [3.05, 3.63) is 60.1 Å². The van der Waals surface area contributed by atoms with E-state index in [1.807, 2.05) is 43.3 Å². The Labute approximate surface area is 131 Å². The molecule has 118 valence electrons. The Morgan fingerprint density at radius 3 is 2.82 bits per heavy atom. The average Bonchev–Trinajstić information content (AvgIpc) is 3.06. The van der Waals surface area contributed by atoms with Gasteiger partial charge >= 0.3 is 0 Å². The molecule has 4 nitrogen and oxygen atoms in total. The predicted octanol–water partition coefficient (Wildman–Crippen LogP) is 3.40. The van der Waals surface area contributed by atoms with Crippen molar-refractivity contribution in [2.75, 3.05) is 13.7 Å². The first-order valence-electron chi connectivity index (χ1n) is 7.45. The van der Waals surface area contributed by atoms with Gasteiger partial charge in [0.25, 0.3) is 0 Å². The number of aliphatic hydroxyl groups is 1. The van der Waals surface area contributed by atoms with E-state index in [1.54, 1.807) is 25.5 Å². The Bertz CT molecular complexity index is 578. The molecule has 1 heterocycles. The molecule has 0 saturated carbocycles. The molecule has 1 aromatic carbocycles. The lowest BCUT2D eigenvalue weighted by Crippen LogP contribution is -2.27. The standard InChI is InChI=1S/C18H23NO3/c1-14(13-16(20)18-10-6-12-22-18)19-11-5-8-15-7-3-4-9-17(15)21-2/h3-10,12,14,16,19-20H,11,13H2,1-2H3/b8-5+. The van der Waals surface area contributed by atoms with E-state index in [0.29, 0.717) is 12.2 Å². The van der Waals surface area contributed by atoms with E-state index in [2.05, 4.69) is 5.32 Å². The minimum absolute atomic E-state index is 0.183. The van der Waals surface area contributed by atoms with Crippen molar-refractivity contribution in [1.29, 1.82) is 0 Å². The summed E-state index contributed by atoms with van der Waals surface area (Å²) in [6, 6.07) is 11.6. The highest BCUT2D eigenvalue weighted by molar-refractivity contribution is 5.57. The lowest BCUT2D eigenvalue weighted by molar-refractivity contribution is 0.129. The second-order valence-electron chi connectivity index (χ2n) is 5.22. The summed E-state index contributed by atoms with van der Waals surface area (Å²) in [7, 11) is 1.67. The molecule has 2 rings (SSSR count). The van der Waals surface area contributed by atoms with Crippen LogP contribution in [0.25, 0.3) is 6.08 Å². The van der Waals surface area contributed by atoms with Crippen molar-refractivity contribution in [1.82, 2.24) is 5.32 Å². The van der Waals surface area contributed by atoms with Gasteiger partial charge in [0.05, 0.1) is 13.4 Å².